The van der Waals surface area contributed by atoms with Crippen molar-refractivity contribution in [2.75, 3.05) is 25.1 Å². The Bertz CT molecular complexity index is 560. The smallest absolute Gasteiger partial charge is 0.224 e. The Hall–Kier alpha value is -1.39. The molecule has 0 radical (unpaired) electrons. The average molecular weight is 294 g/mol. The third-order valence-electron chi connectivity index (χ3n) is 2.95. The highest BCUT2D eigenvalue weighted by atomic mass is 35.5. The van der Waals surface area contributed by atoms with Gasteiger partial charge in [0.2, 0.25) is 5.28 Å². The molecule has 1 aromatic heterocycles. The molecule has 1 aromatic carbocycles. The Morgan fingerprint density at radius 1 is 1.20 bits per heavy atom. The van der Waals surface area contributed by atoms with Crippen LogP contribution in [-0.2, 0) is 4.74 Å². The summed E-state index contributed by atoms with van der Waals surface area (Å²) in [7, 11) is 0. The monoisotopic (exact) mass is 293 g/mol. The Morgan fingerprint density at radius 3 is 2.80 bits per heavy atom. The first-order chi connectivity index (χ1) is 9.66. The molecule has 2 aromatic rings. The highest BCUT2D eigenvalue weighted by molar-refractivity contribution is 6.28. The number of nitrogens with zero attached hydrogens (tertiary/aromatic N) is 2. The van der Waals surface area contributed by atoms with Gasteiger partial charge in [-0.25, -0.2) is 9.97 Å². The summed E-state index contributed by atoms with van der Waals surface area (Å²) in [6, 6.07) is 7.80. The summed E-state index contributed by atoms with van der Waals surface area (Å²) in [5.74, 6) is 1.43. The number of fused-ring (bicyclic) bond motifs is 1. The molecule has 0 aliphatic carbocycles. The maximum absolute atomic E-state index is 5.93. The summed E-state index contributed by atoms with van der Waals surface area (Å²) in [6.45, 7) is 6.54. The summed E-state index contributed by atoms with van der Waals surface area (Å²) in [5, 5.41) is 4.48. The summed E-state index contributed by atoms with van der Waals surface area (Å²) in [4.78, 5) is 8.43. The van der Waals surface area contributed by atoms with Crippen molar-refractivity contribution >= 4 is 28.3 Å². The number of hydrogen-bond acceptors (Lipinski definition) is 4. The van der Waals surface area contributed by atoms with E-state index in [1.54, 1.807) is 0 Å². The molecule has 4 nitrogen and oxygen atoms in total. The van der Waals surface area contributed by atoms with Gasteiger partial charge in [-0.1, -0.05) is 26.0 Å². The van der Waals surface area contributed by atoms with Crippen LogP contribution in [0.5, 0.6) is 0 Å². The van der Waals surface area contributed by atoms with E-state index in [4.69, 9.17) is 16.3 Å². The Kier molecular flexibility index (Phi) is 5.56. The molecule has 0 unspecified atom stereocenters. The molecule has 0 aliphatic rings. The van der Waals surface area contributed by atoms with E-state index in [1.165, 1.54) is 0 Å². The number of anilines is 1. The number of ether oxygens (including phenoxy) is 1. The second-order valence-corrected chi connectivity index (χ2v) is 5.42. The van der Waals surface area contributed by atoms with Crippen LogP contribution >= 0.6 is 11.6 Å². The Morgan fingerprint density at radius 2 is 2.00 bits per heavy atom. The van der Waals surface area contributed by atoms with Gasteiger partial charge >= 0.3 is 0 Å². The predicted octanol–water partition coefficient (Wildman–Crippen LogP) is 3.76. The third-order valence-corrected chi connectivity index (χ3v) is 3.12. The number of benzene rings is 1. The zero-order valence-electron chi connectivity index (χ0n) is 11.9. The average Bonchev–Trinajstić information content (AvgIpc) is 2.42. The Balaban J connectivity index is 1.90. The minimum atomic E-state index is 0.256. The lowest BCUT2D eigenvalue weighted by atomic mass is 10.1. The molecular formula is C15H20ClN3O. The molecule has 0 aliphatic heterocycles. The summed E-state index contributed by atoms with van der Waals surface area (Å²) < 4.78 is 5.57. The van der Waals surface area contributed by atoms with E-state index in [1.807, 2.05) is 24.3 Å². The third kappa shape index (κ3) is 4.32. The lowest BCUT2D eigenvalue weighted by Gasteiger charge is -2.10. The summed E-state index contributed by atoms with van der Waals surface area (Å²) in [5.41, 5.74) is 0.843. The van der Waals surface area contributed by atoms with Crippen molar-refractivity contribution in [3.05, 3.63) is 29.5 Å². The van der Waals surface area contributed by atoms with Crippen LogP contribution in [-0.4, -0.2) is 29.7 Å². The molecule has 5 heteroatoms. The number of aromatic nitrogens is 2. The lowest BCUT2D eigenvalue weighted by molar-refractivity contribution is 0.132. The van der Waals surface area contributed by atoms with Crippen LogP contribution in [0.15, 0.2) is 24.3 Å². The second kappa shape index (κ2) is 7.41. The van der Waals surface area contributed by atoms with Crippen LogP contribution in [0.2, 0.25) is 5.28 Å². The van der Waals surface area contributed by atoms with Gasteiger partial charge in [0.05, 0.1) is 12.1 Å². The van der Waals surface area contributed by atoms with Crippen LogP contribution < -0.4 is 5.32 Å². The van der Waals surface area contributed by atoms with Gasteiger partial charge in [0, 0.05) is 18.5 Å². The van der Waals surface area contributed by atoms with Gasteiger partial charge < -0.3 is 10.1 Å². The highest BCUT2D eigenvalue weighted by Crippen LogP contribution is 2.21. The topological polar surface area (TPSA) is 47.0 Å². The maximum atomic E-state index is 5.93. The summed E-state index contributed by atoms with van der Waals surface area (Å²) >= 11 is 5.93. The van der Waals surface area contributed by atoms with E-state index in [0.717, 1.165) is 29.7 Å². The van der Waals surface area contributed by atoms with Crippen molar-refractivity contribution in [1.82, 2.24) is 9.97 Å². The molecule has 0 bridgehead atoms. The van der Waals surface area contributed by atoms with E-state index in [-0.39, 0.29) is 5.28 Å². The molecule has 0 saturated heterocycles. The van der Waals surface area contributed by atoms with Crippen LogP contribution in [0.1, 0.15) is 20.3 Å². The molecule has 20 heavy (non-hydrogen) atoms. The molecular weight excluding hydrogens is 274 g/mol. The van der Waals surface area contributed by atoms with Crippen LogP contribution in [0.3, 0.4) is 0 Å². The molecule has 0 atom stereocenters. The van der Waals surface area contributed by atoms with Gasteiger partial charge in [0.1, 0.15) is 5.82 Å². The SMILES string of the molecule is CC(C)CCOCCNc1nc(Cl)nc2ccccc12. The predicted molar refractivity (Wildman–Crippen MR) is 83.3 cm³/mol. The highest BCUT2D eigenvalue weighted by Gasteiger charge is 2.05. The molecule has 1 N–H and O–H groups in total. The van der Waals surface area contributed by atoms with E-state index in [9.17, 15) is 0 Å². The normalized spacial score (nSPS) is 11.2. The van der Waals surface area contributed by atoms with Crippen molar-refractivity contribution < 1.29 is 4.74 Å². The number of rotatable bonds is 7. The van der Waals surface area contributed by atoms with Crippen molar-refractivity contribution in [3.63, 3.8) is 0 Å². The summed E-state index contributed by atoms with van der Waals surface area (Å²) in [6.07, 6.45) is 1.09. The van der Waals surface area contributed by atoms with Crippen molar-refractivity contribution in [1.29, 1.82) is 0 Å². The fourth-order valence-electron chi connectivity index (χ4n) is 1.85. The lowest BCUT2D eigenvalue weighted by Crippen LogP contribution is -2.12. The van der Waals surface area contributed by atoms with Crippen molar-refractivity contribution in [3.8, 4) is 0 Å². The quantitative estimate of drug-likeness (QED) is 0.624. The van der Waals surface area contributed by atoms with Crippen LogP contribution in [0, 0.1) is 5.92 Å². The first kappa shape index (κ1) is 15.0. The van der Waals surface area contributed by atoms with Gasteiger partial charge in [-0.15, -0.1) is 0 Å². The largest absolute Gasteiger partial charge is 0.380 e. The van der Waals surface area contributed by atoms with Gasteiger partial charge in [-0.3, -0.25) is 0 Å². The molecule has 108 valence electrons. The van der Waals surface area contributed by atoms with E-state index < -0.39 is 0 Å². The van der Waals surface area contributed by atoms with E-state index in [0.29, 0.717) is 19.1 Å². The van der Waals surface area contributed by atoms with Gasteiger partial charge in [-0.2, -0.15) is 0 Å². The number of hydrogen-bond donors (Lipinski definition) is 1. The second-order valence-electron chi connectivity index (χ2n) is 5.08. The number of para-hydroxylation sites is 1. The molecule has 0 fully saturated rings. The standard InChI is InChI=1S/C15H20ClN3O/c1-11(2)7-9-20-10-8-17-14-12-5-3-4-6-13(12)18-15(16)19-14/h3-6,11H,7-10H2,1-2H3,(H,17,18,19). The molecule has 2 rings (SSSR count). The van der Waals surface area contributed by atoms with E-state index in [2.05, 4.69) is 29.1 Å². The van der Waals surface area contributed by atoms with Crippen LogP contribution in [0.25, 0.3) is 10.9 Å². The number of halogens is 1. The molecule has 0 spiro atoms. The van der Waals surface area contributed by atoms with Crippen molar-refractivity contribution in [2.24, 2.45) is 5.92 Å². The zero-order valence-corrected chi connectivity index (χ0v) is 12.7. The maximum Gasteiger partial charge on any atom is 0.224 e. The van der Waals surface area contributed by atoms with Crippen LogP contribution in [0.4, 0.5) is 5.82 Å². The van der Waals surface area contributed by atoms with Gasteiger partial charge in [0.25, 0.3) is 0 Å². The minimum absolute atomic E-state index is 0.256. The first-order valence-corrected chi connectivity index (χ1v) is 7.28. The van der Waals surface area contributed by atoms with E-state index >= 15 is 0 Å². The minimum Gasteiger partial charge on any atom is -0.380 e. The zero-order chi connectivity index (χ0) is 14.4. The number of nitrogens with one attached hydrogen (secondary N) is 1. The molecule has 0 saturated carbocycles. The molecule has 1 heterocycles. The fourth-order valence-corrected chi connectivity index (χ4v) is 2.02. The Labute approximate surface area is 124 Å². The van der Waals surface area contributed by atoms with Gasteiger partial charge in [0.15, 0.2) is 0 Å². The molecule has 0 amide bonds. The van der Waals surface area contributed by atoms with Gasteiger partial charge in [-0.05, 0) is 36.1 Å². The first-order valence-electron chi connectivity index (χ1n) is 6.90. The van der Waals surface area contributed by atoms with Crippen molar-refractivity contribution in [2.45, 2.75) is 20.3 Å². The fraction of sp³-hybridized carbons (Fsp3) is 0.467.